The van der Waals surface area contributed by atoms with Crippen LogP contribution in [-0.4, -0.2) is 12.6 Å². The minimum Gasteiger partial charge on any atom is -0.293 e. The second-order valence-corrected chi connectivity index (χ2v) is 7.66. The SMILES string of the molecule is CCCCCCCCCCCCCCCCOOC(=O)c1cccc(C)c1. The number of aryl methyl sites for hydroxylation is 1. The number of hydrogen-bond donors (Lipinski definition) is 0. The maximum absolute atomic E-state index is 11.8. The first-order valence-electron chi connectivity index (χ1n) is 11.1. The van der Waals surface area contributed by atoms with Gasteiger partial charge in [-0.3, -0.25) is 4.89 Å². The molecular weight excluding hydrogens is 336 g/mol. The van der Waals surface area contributed by atoms with Gasteiger partial charge in [-0.05, 0) is 25.5 Å². The van der Waals surface area contributed by atoms with E-state index in [1.165, 1.54) is 77.0 Å². The minimum absolute atomic E-state index is 0.413. The van der Waals surface area contributed by atoms with E-state index >= 15 is 0 Å². The van der Waals surface area contributed by atoms with Crippen molar-refractivity contribution >= 4 is 5.97 Å². The highest BCUT2D eigenvalue weighted by atomic mass is 17.2. The Labute approximate surface area is 166 Å². The highest BCUT2D eigenvalue weighted by Gasteiger charge is 2.07. The van der Waals surface area contributed by atoms with E-state index in [0.717, 1.165) is 18.4 Å². The summed E-state index contributed by atoms with van der Waals surface area (Å²) in [7, 11) is 0. The van der Waals surface area contributed by atoms with E-state index in [2.05, 4.69) is 6.92 Å². The normalized spacial score (nSPS) is 10.9. The number of carbonyl (C=O) groups excluding carboxylic acids is 1. The van der Waals surface area contributed by atoms with Gasteiger partial charge in [0.15, 0.2) is 0 Å². The van der Waals surface area contributed by atoms with Crippen molar-refractivity contribution in [2.45, 2.75) is 104 Å². The van der Waals surface area contributed by atoms with E-state index in [9.17, 15) is 4.79 Å². The van der Waals surface area contributed by atoms with Gasteiger partial charge in [0.25, 0.3) is 0 Å². The Balaban J connectivity index is 1.81. The van der Waals surface area contributed by atoms with Crippen LogP contribution >= 0.6 is 0 Å². The molecule has 0 radical (unpaired) electrons. The van der Waals surface area contributed by atoms with E-state index in [-0.39, 0.29) is 0 Å². The molecule has 0 saturated heterocycles. The van der Waals surface area contributed by atoms with E-state index in [0.29, 0.717) is 12.2 Å². The molecule has 0 spiro atoms. The molecule has 1 aromatic carbocycles. The second-order valence-electron chi connectivity index (χ2n) is 7.66. The van der Waals surface area contributed by atoms with Gasteiger partial charge in [-0.25, -0.2) is 4.79 Å². The Morgan fingerprint density at radius 2 is 1.30 bits per heavy atom. The van der Waals surface area contributed by atoms with Gasteiger partial charge in [0.2, 0.25) is 0 Å². The lowest BCUT2D eigenvalue weighted by molar-refractivity contribution is -0.241. The average molecular weight is 377 g/mol. The summed E-state index contributed by atoms with van der Waals surface area (Å²) in [6, 6.07) is 7.34. The summed E-state index contributed by atoms with van der Waals surface area (Å²) in [6.07, 6.45) is 18.6. The molecule has 1 aromatic rings. The molecule has 0 unspecified atom stereocenters. The van der Waals surface area contributed by atoms with Crippen molar-refractivity contribution < 1.29 is 14.6 Å². The van der Waals surface area contributed by atoms with Gasteiger partial charge in [0.1, 0.15) is 0 Å². The zero-order valence-corrected chi connectivity index (χ0v) is 17.6. The number of benzene rings is 1. The van der Waals surface area contributed by atoms with Gasteiger partial charge >= 0.3 is 5.97 Å². The highest BCUT2D eigenvalue weighted by Crippen LogP contribution is 2.13. The zero-order chi connectivity index (χ0) is 19.6. The summed E-state index contributed by atoms with van der Waals surface area (Å²) in [5, 5.41) is 0. The fraction of sp³-hybridized carbons (Fsp3) is 0.708. The first-order chi connectivity index (χ1) is 13.2. The molecule has 0 aromatic heterocycles. The molecule has 0 aliphatic rings. The van der Waals surface area contributed by atoms with Crippen molar-refractivity contribution in [3.8, 4) is 0 Å². The third-order valence-corrected chi connectivity index (χ3v) is 4.97. The van der Waals surface area contributed by atoms with Crippen molar-refractivity contribution in [1.82, 2.24) is 0 Å². The van der Waals surface area contributed by atoms with Crippen LogP contribution < -0.4 is 0 Å². The molecule has 1 rings (SSSR count). The lowest BCUT2D eigenvalue weighted by atomic mass is 10.0. The van der Waals surface area contributed by atoms with E-state index in [1.807, 2.05) is 19.1 Å². The van der Waals surface area contributed by atoms with E-state index in [4.69, 9.17) is 9.78 Å². The van der Waals surface area contributed by atoms with Gasteiger partial charge in [-0.15, -0.1) is 0 Å². The predicted octanol–water partition coefficient (Wildman–Crippen LogP) is 7.56. The lowest BCUT2D eigenvalue weighted by Crippen LogP contribution is -2.07. The van der Waals surface area contributed by atoms with Crippen LogP contribution in [0.15, 0.2) is 24.3 Å². The zero-order valence-electron chi connectivity index (χ0n) is 17.6. The van der Waals surface area contributed by atoms with Crippen LogP contribution in [0.3, 0.4) is 0 Å². The van der Waals surface area contributed by atoms with E-state index < -0.39 is 5.97 Å². The number of hydrogen-bond acceptors (Lipinski definition) is 3. The third kappa shape index (κ3) is 13.5. The molecule has 0 amide bonds. The van der Waals surface area contributed by atoms with Crippen molar-refractivity contribution in [3.05, 3.63) is 35.4 Å². The van der Waals surface area contributed by atoms with Crippen molar-refractivity contribution in [1.29, 1.82) is 0 Å². The fourth-order valence-corrected chi connectivity index (χ4v) is 3.27. The van der Waals surface area contributed by atoms with Gasteiger partial charge in [0.05, 0.1) is 12.2 Å². The van der Waals surface area contributed by atoms with Crippen LogP contribution in [0.4, 0.5) is 0 Å². The largest absolute Gasteiger partial charge is 0.373 e. The van der Waals surface area contributed by atoms with Crippen LogP contribution in [0.25, 0.3) is 0 Å². The molecule has 3 heteroatoms. The molecule has 0 atom stereocenters. The molecule has 0 aliphatic heterocycles. The molecular formula is C24H40O3. The predicted molar refractivity (Wildman–Crippen MR) is 113 cm³/mol. The van der Waals surface area contributed by atoms with Crippen LogP contribution in [-0.2, 0) is 9.78 Å². The van der Waals surface area contributed by atoms with Crippen molar-refractivity contribution in [3.63, 3.8) is 0 Å². The van der Waals surface area contributed by atoms with Gasteiger partial charge < -0.3 is 0 Å². The topological polar surface area (TPSA) is 35.5 Å². The molecule has 0 heterocycles. The van der Waals surface area contributed by atoms with Gasteiger partial charge in [0, 0.05) is 0 Å². The maximum Gasteiger partial charge on any atom is 0.373 e. The Hall–Kier alpha value is -1.35. The maximum atomic E-state index is 11.8. The summed E-state index contributed by atoms with van der Waals surface area (Å²) in [6.45, 7) is 4.70. The first kappa shape index (κ1) is 23.7. The second kappa shape index (κ2) is 16.8. The Morgan fingerprint density at radius 3 is 1.81 bits per heavy atom. The molecule has 0 saturated carbocycles. The van der Waals surface area contributed by atoms with Crippen LogP contribution in [0, 0.1) is 6.92 Å². The van der Waals surface area contributed by atoms with Crippen molar-refractivity contribution in [2.75, 3.05) is 6.61 Å². The summed E-state index contributed by atoms with van der Waals surface area (Å²) in [5.41, 5.74) is 1.58. The fourth-order valence-electron chi connectivity index (χ4n) is 3.27. The minimum atomic E-state index is -0.413. The molecule has 0 fully saturated rings. The molecule has 154 valence electrons. The summed E-state index contributed by atoms with van der Waals surface area (Å²) in [5.74, 6) is -0.413. The van der Waals surface area contributed by atoms with Gasteiger partial charge in [-0.1, -0.05) is 108 Å². The molecule has 3 nitrogen and oxygen atoms in total. The quantitative estimate of drug-likeness (QED) is 0.160. The lowest BCUT2D eigenvalue weighted by Gasteiger charge is -2.05. The smallest absolute Gasteiger partial charge is 0.293 e. The Kier molecular flexibility index (Phi) is 14.7. The average Bonchev–Trinajstić information content (AvgIpc) is 2.67. The van der Waals surface area contributed by atoms with Crippen LogP contribution in [0.2, 0.25) is 0 Å². The van der Waals surface area contributed by atoms with Gasteiger partial charge in [-0.2, -0.15) is 4.89 Å². The first-order valence-corrected chi connectivity index (χ1v) is 11.1. The Morgan fingerprint density at radius 1 is 0.778 bits per heavy atom. The molecule has 0 bridgehead atoms. The van der Waals surface area contributed by atoms with Crippen LogP contribution in [0.5, 0.6) is 0 Å². The number of carbonyl (C=O) groups is 1. The van der Waals surface area contributed by atoms with Crippen molar-refractivity contribution in [2.24, 2.45) is 0 Å². The summed E-state index contributed by atoms with van der Waals surface area (Å²) >= 11 is 0. The number of unbranched alkanes of at least 4 members (excludes halogenated alkanes) is 13. The summed E-state index contributed by atoms with van der Waals surface area (Å²) < 4.78 is 0. The summed E-state index contributed by atoms with van der Waals surface area (Å²) in [4.78, 5) is 21.7. The standard InChI is InChI=1S/C24H40O3/c1-3-4-5-6-7-8-9-10-11-12-13-14-15-16-20-26-27-24(25)23-19-17-18-22(2)21-23/h17-19,21H,3-16,20H2,1-2H3. The van der Waals surface area contributed by atoms with E-state index in [1.54, 1.807) is 12.1 Å². The highest BCUT2D eigenvalue weighted by molar-refractivity contribution is 5.89. The Bertz CT molecular complexity index is 484. The molecule has 0 N–H and O–H groups in total. The monoisotopic (exact) mass is 376 g/mol. The molecule has 0 aliphatic carbocycles. The number of rotatable bonds is 17. The van der Waals surface area contributed by atoms with Crippen LogP contribution in [0.1, 0.15) is 113 Å². The third-order valence-electron chi connectivity index (χ3n) is 4.97. The molecule has 27 heavy (non-hydrogen) atoms.